The van der Waals surface area contributed by atoms with E-state index in [4.69, 9.17) is 16.3 Å². The van der Waals surface area contributed by atoms with Gasteiger partial charge in [-0.25, -0.2) is 0 Å². The number of benzene rings is 2. The van der Waals surface area contributed by atoms with E-state index in [1.54, 1.807) is 60.7 Å². The van der Waals surface area contributed by atoms with Crippen molar-refractivity contribution < 1.29 is 14.3 Å². The number of nitrogens with one attached hydrogen (secondary N) is 1. The fraction of sp³-hybridized carbons (Fsp3) is 0.136. The Labute approximate surface area is 172 Å². The Morgan fingerprint density at radius 3 is 2.48 bits per heavy atom. The topological polar surface area (TPSA) is 77.4 Å². The number of nitrogens with zero attached hydrogens (tertiary/aromatic N) is 1. The van der Waals surface area contributed by atoms with Crippen LogP contribution in [-0.2, 0) is 20.9 Å². The minimum absolute atomic E-state index is 0.299. The summed E-state index contributed by atoms with van der Waals surface area (Å²) in [6, 6.07) is 18.3. The van der Waals surface area contributed by atoms with Crippen molar-refractivity contribution in [2.24, 2.45) is 0 Å². The molecule has 148 valence electrons. The molecule has 1 heterocycles. The monoisotopic (exact) mass is 410 g/mol. The summed E-state index contributed by atoms with van der Waals surface area (Å²) >= 11 is 6.11. The summed E-state index contributed by atoms with van der Waals surface area (Å²) in [4.78, 5) is 37.1. The van der Waals surface area contributed by atoms with Crippen LogP contribution in [0.2, 0.25) is 5.02 Å². The molecule has 1 aromatic heterocycles. The van der Waals surface area contributed by atoms with Crippen molar-refractivity contribution in [3.63, 3.8) is 0 Å². The summed E-state index contributed by atoms with van der Waals surface area (Å²) in [6.45, 7) is 1.56. The molecule has 3 aromatic rings. The highest BCUT2D eigenvalue weighted by Gasteiger charge is 2.25. The molecule has 0 unspecified atom stereocenters. The number of carbonyl (C=O) groups is 2. The second-order valence-electron chi connectivity index (χ2n) is 6.40. The van der Waals surface area contributed by atoms with Crippen molar-refractivity contribution in [2.75, 3.05) is 5.32 Å². The Bertz CT molecular complexity index is 1080. The van der Waals surface area contributed by atoms with E-state index in [-0.39, 0.29) is 12.1 Å². The molecule has 0 bridgehead atoms. The molecule has 0 spiro atoms. The van der Waals surface area contributed by atoms with Gasteiger partial charge in [0.15, 0.2) is 0 Å². The third kappa shape index (κ3) is 5.33. The van der Waals surface area contributed by atoms with Gasteiger partial charge in [-0.1, -0.05) is 54.1 Å². The lowest BCUT2D eigenvalue weighted by Gasteiger charge is -2.18. The minimum atomic E-state index is -1.18. The molecule has 3 rings (SSSR count). The van der Waals surface area contributed by atoms with Crippen LogP contribution in [0, 0.1) is 6.92 Å². The molecule has 0 saturated heterocycles. The van der Waals surface area contributed by atoms with Gasteiger partial charge in [0, 0.05) is 28.5 Å². The largest absolute Gasteiger partial charge is 0.446 e. The van der Waals surface area contributed by atoms with Gasteiger partial charge in [-0.05, 0) is 30.7 Å². The number of halogens is 1. The number of rotatable bonds is 6. The van der Waals surface area contributed by atoms with Gasteiger partial charge in [-0.2, -0.15) is 0 Å². The minimum Gasteiger partial charge on any atom is -0.446 e. The predicted octanol–water partition coefficient (Wildman–Crippen LogP) is 3.73. The Morgan fingerprint density at radius 2 is 1.79 bits per heavy atom. The standard InChI is InChI=1S/C22H19ClN2O4/c1-15-10-11-17(13-18(15)23)24-22(28)21(16-7-3-2-4-8-16)29-20(27)14-25-12-6-5-9-19(25)26/h2-13,21H,14H2,1H3,(H,24,28)/t21-/m1/s1. The van der Waals surface area contributed by atoms with Crippen LogP contribution in [0.4, 0.5) is 5.69 Å². The van der Waals surface area contributed by atoms with Crippen molar-refractivity contribution in [1.29, 1.82) is 0 Å². The number of ether oxygens (including phenoxy) is 1. The van der Waals surface area contributed by atoms with E-state index in [1.807, 2.05) is 6.92 Å². The van der Waals surface area contributed by atoms with Crippen LogP contribution in [0.1, 0.15) is 17.2 Å². The fourth-order valence-electron chi connectivity index (χ4n) is 2.68. The molecule has 7 heteroatoms. The third-order valence-corrected chi connectivity index (χ3v) is 4.63. The molecule has 6 nitrogen and oxygen atoms in total. The Balaban J connectivity index is 1.80. The van der Waals surface area contributed by atoms with E-state index < -0.39 is 18.0 Å². The normalized spacial score (nSPS) is 11.5. The molecule has 0 saturated carbocycles. The van der Waals surface area contributed by atoms with E-state index in [1.165, 1.54) is 16.8 Å². The summed E-state index contributed by atoms with van der Waals surface area (Å²) in [5.41, 5.74) is 1.54. The first kappa shape index (κ1) is 20.4. The summed E-state index contributed by atoms with van der Waals surface area (Å²) < 4.78 is 6.65. The highest BCUT2D eigenvalue weighted by Crippen LogP contribution is 2.23. The first-order valence-corrected chi connectivity index (χ1v) is 9.29. The number of aromatic nitrogens is 1. The molecule has 0 fully saturated rings. The summed E-state index contributed by atoms with van der Waals surface area (Å²) in [5, 5.41) is 3.23. The molecule has 1 N–H and O–H groups in total. The Hall–Kier alpha value is -3.38. The molecule has 0 aliphatic heterocycles. The van der Waals surface area contributed by atoms with Crippen molar-refractivity contribution in [2.45, 2.75) is 19.6 Å². The SMILES string of the molecule is Cc1ccc(NC(=O)[C@H](OC(=O)Cn2ccccc2=O)c2ccccc2)cc1Cl. The maximum atomic E-state index is 12.9. The van der Waals surface area contributed by atoms with Gasteiger partial charge in [0.25, 0.3) is 11.5 Å². The van der Waals surface area contributed by atoms with E-state index in [2.05, 4.69) is 5.32 Å². The zero-order chi connectivity index (χ0) is 20.8. The van der Waals surface area contributed by atoms with Crippen LogP contribution in [0.5, 0.6) is 0 Å². The molecule has 29 heavy (non-hydrogen) atoms. The molecular formula is C22H19ClN2O4. The smallest absolute Gasteiger partial charge is 0.327 e. The van der Waals surface area contributed by atoms with E-state index >= 15 is 0 Å². The number of amides is 1. The van der Waals surface area contributed by atoms with Crippen LogP contribution in [0.15, 0.2) is 77.7 Å². The van der Waals surface area contributed by atoms with Crippen LogP contribution in [0.3, 0.4) is 0 Å². The van der Waals surface area contributed by atoms with Gasteiger partial charge in [0.1, 0.15) is 6.54 Å². The highest BCUT2D eigenvalue weighted by molar-refractivity contribution is 6.31. The molecule has 0 aliphatic rings. The summed E-state index contributed by atoms with van der Waals surface area (Å²) in [6.07, 6.45) is 0.304. The highest BCUT2D eigenvalue weighted by atomic mass is 35.5. The molecule has 0 radical (unpaired) electrons. The average Bonchev–Trinajstić information content (AvgIpc) is 2.71. The van der Waals surface area contributed by atoms with Gasteiger partial charge in [-0.3, -0.25) is 14.4 Å². The van der Waals surface area contributed by atoms with Gasteiger partial charge >= 0.3 is 5.97 Å². The van der Waals surface area contributed by atoms with Crippen LogP contribution in [-0.4, -0.2) is 16.4 Å². The lowest BCUT2D eigenvalue weighted by Crippen LogP contribution is -2.29. The van der Waals surface area contributed by atoms with Crippen LogP contribution in [0.25, 0.3) is 0 Å². The summed E-state index contributed by atoms with van der Waals surface area (Å²) in [5.74, 6) is -1.23. The van der Waals surface area contributed by atoms with Crippen LogP contribution < -0.4 is 10.9 Å². The van der Waals surface area contributed by atoms with Crippen molar-refractivity contribution in [3.8, 4) is 0 Å². The molecule has 1 amide bonds. The lowest BCUT2D eigenvalue weighted by molar-refractivity contribution is -0.155. The first-order valence-electron chi connectivity index (χ1n) is 8.91. The lowest BCUT2D eigenvalue weighted by atomic mass is 10.1. The fourth-order valence-corrected chi connectivity index (χ4v) is 2.86. The third-order valence-electron chi connectivity index (χ3n) is 4.23. The van der Waals surface area contributed by atoms with E-state index in [9.17, 15) is 14.4 Å². The van der Waals surface area contributed by atoms with Crippen molar-refractivity contribution in [1.82, 2.24) is 4.57 Å². The van der Waals surface area contributed by atoms with E-state index in [0.717, 1.165) is 5.56 Å². The zero-order valence-electron chi connectivity index (χ0n) is 15.7. The number of pyridine rings is 1. The Kier molecular flexibility index (Phi) is 6.46. The number of hydrogen-bond donors (Lipinski definition) is 1. The van der Waals surface area contributed by atoms with Gasteiger partial charge in [-0.15, -0.1) is 0 Å². The van der Waals surface area contributed by atoms with E-state index in [0.29, 0.717) is 16.3 Å². The number of aryl methyl sites for hydroxylation is 1. The number of carbonyl (C=O) groups excluding carboxylic acids is 2. The van der Waals surface area contributed by atoms with Crippen molar-refractivity contribution >= 4 is 29.2 Å². The molecular weight excluding hydrogens is 392 g/mol. The summed E-state index contributed by atoms with van der Waals surface area (Å²) in [7, 11) is 0. The second-order valence-corrected chi connectivity index (χ2v) is 6.81. The number of hydrogen-bond acceptors (Lipinski definition) is 4. The number of esters is 1. The predicted molar refractivity (Wildman–Crippen MR) is 111 cm³/mol. The maximum Gasteiger partial charge on any atom is 0.327 e. The van der Waals surface area contributed by atoms with Gasteiger partial charge < -0.3 is 14.6 Å². The second kappa shape index (κ2) is 9.21. The average molecular weight is 411 g/mol. The first-order chi connectivity index (χ1) is 13.9. The Morgan fingerprint density at radius 1 is 1.07 bits per heavy atom. The number of anilines is 1. The quantitative estimate of drug-likeness (QED) is 0.628. The molecule has 1 atom stereocenters. The van der Waals surface area contributed by atoms with Gasteiger partial charge in [0.2, 0.25) is 6.10 Å². The maximum absolute atomic E-state index is 12.9. The zero-order valence-corrected chi connectivity index (χ0v) is 16.4. The molecule has 0 aliphatic carbocycles. The van der Waals surface area contributed by atoms with Gasteiger partial charge in [0.05, 0.1) is 0 Å². The molecule has 2 aromatic carbocycles. The van der Waals surface area contributed by atoms with Crippen LogP contribution >= 0.6 is 11.6 Å². The van der Waals surface area contributed by atoms with Crippen molar-refractivity contribution in [3.05, 3.63) is 99.4 Å².